The number of nitrogens with one attached hydrogen (secondary N) is 2. The Balaban J connectivity index is 1.36. The molecule has 4 N–H and O–H groups in total. The molecule has 0 saturated carbocycles. The van der Waals surface area contributed by atoms with Gasteiger partial charge in [-0.2, -0.15) is 0 Å². The molecule has 10 nitrogen and oxygen atoms in total. The normalized spacial score (nSPS) is 14.7. The van der Waals surface area contributed by atoms with Crippen LogP contribution >= 0.6 is 11.6 Å². The molecule has 1 aliphatic heterocycles. The van der Waals surface area contributed by atoms with E-state index < -0.39 is 12.1 Å². The van der Waals surface area contributed by atoms with Gasteiger partial charge in [0.05, 0.1) is 30.2 Å². The Bertz CT molecular complexity index is 1520. The van der Waals surface area contributed by atoms with Crippen LogP contribution in [0.1, 0.15) is 27.5 Å². The zero-order valence-corrected chi connectivity index (χ0v) is 21.0. The molecule has 0 radical (unpaired) electrons. The molecule has 3 heterocycles. The molecule has 0 spiro atoms. The molecule has 1 unspecified atom stereocenters. The second-order valence-corrected chi connectivity index (χ2v) is 9.25. The largest absolute Gasteiger partial charge is 0.423 e. The lowest BCUT2D eigenvalue weighted by atomic mass is 9.98. The maximum Gasteiger partial charge on any atom is 0.423 e. The number of H-pyrrole nitrogens is 1. The number of carbonyl (C=O) groups excluding carboxylic acids is 2. The highest BCUT2D eigenvalue weighted by Gasteiger charge is 2.23. The van der Waals surface area contributed by atoms with E-state index in [4.69, 9.17) is 22.2 Å². The van der Waals surface area contributed by atoms with E-state index >= 15 is 0 Å². The Labute approximate surface area is 222 Å². The summed E-state index contributed by atoms with van der Waals surface area (Å²) in [5, 5.41) is 5.51. The number of fused-ring (bicyclic) bond motifs is 1. The van der Waals surface area contributed by atoms with Gasteiger partial charge in [-0.15, -0.1) is 5.06 Å². The smallest absolute Gasteiger partial charge is 0.361 e. The van der Waals surface area contributed by atoms with Crippen molar-refractivity contribution in [3.63, 3.8) is 0 Å². The number of nitrogens with two attached hydrogens (primary N) is 1. The highest BCUT2D eigenvalue weighted by Crippen LogP contribution is 2.23. The minimum Gasteiger partial charge on any atom is -0.361 e. The van der Waals surface area contributed by atoms with Gasteiger partial charge in [-0.05, 0) is 35.9 Å². The third kappa shape index (κ3) is 5.46. The van der Waals surface area contributed by atoms with Crippen molar-refractivity contribution in [3.8, 4) is 0 Å². The number of piperazine rings is 1. The minimum absolute atomic E-state index is 0.197. The SMILES string of the molecule is NC(=O)ON1CCN(c2ccc(C(=O)NC(c3ccccc3)c3c[nH]c4cc(Cl)ccc4c3=O)cn2)CC1. The Morgan fingerprint density at radius 2 is 1.82 bits per heavy atom. The lowest BCUT2D eigenvalue weighted by molar-refractivity contribution is -0.0987. The second kappa shape index (κ2) is 10.9. The maximum absolute atomic E-state index is 13.4. The molecule has 1 fully saturated rings. The van der Waals surface area contributed by atoms with Crippen molar-refractivity contribution >= 4 is 40.3 Å². The fraction of sp³-hybridized carbons (Fsp3) is 0.185. The number of anilines is 1. The van der Waals surface area contributed by atoms with Crippen molar-refractivity contribution in [2.45, 2.75) is 6.04 Å². The van der Waals surface area contributed by atoms with E-state index in [9.17, 15) is 14.4 Å². The van der Waals surface area contributed by atoms with Gasteiger partial charge in [0, 0.05) is 41.5 Å². The summed E-state index contributed by atoms with van der Waals surface area (Å²) in [7, 11) is 0. The molecule has 4 aromatic rings. The summed E-state index contributed by atoms with van der Waals surface area (Å²) < 4.78 is 0. The van der Waals surface area contributed by atoms with Gasteiger partial charge in [-0.3, -0.25) is 9.59 Å². The highest BCUT2D eigenvalue weighted by atomic mass is 35.5. The Morgan fingerprint density at radius 3 is 2.50 bits per heavy atom. The van der Waals surface area contributed by atoms with Crippen LogP contribution in [0.3, 0.4) is 0 Å². The van der Waals surface area contributed by atoms with Gasteiger partial charge in [-0.25, -0.2) is 9.78 Å². The number of pyridine rings is 2. The van der Waals surface area contributed by atoms with Crippen LogP contribution in [0.4, 0.5) is 10.6 Å². The van der Waals surface area contributed by atoms with Crippen LogP contribution in [0.25, 0.3) is 10.9 Å². The molecular formula is C27H25ClN6O4. The van der Waals surface area contributed by atoms with Crippen LogP contribution in [0.5, 0.6) is 0 Å². The van der Waals surface area contributed by atoms with Crippen LogP contribution in [-0.4, -0.2) is 53.2 Å². The maximum atomic E-state index is 13.4. The van der Waals surface area contributed by atoms with E-state index in [-0.39, 0.29) is 11.3 Å². The van der Waals surface area contributed by atoms with Crippen LogP contribution in [-0.2, 0) is 4.84 Å². The summed E-state index contributed by atoms with van der Waals surface area (Å²) in [6.07, 6.45) is 2.28. The van der Waals surface area contributed by atoms with E-state index in [0.29, 0.717) is 59.0 Å². The van der Waals surface area contributed by atoms with Gasteiger partial charge in [0.15, 0.2) is 5.43 Å². The average molecular weight is 533 g/mol. The van der Waals surface area contributed by atoms with Gasteiger partial charge < -0.3 is 25.8 Å². The fourth-order valence-corrected chi connectivity index (χ4v) is 4.64. The van der Waals surface area contributed by atoms with Crippen molar-refractivity contribution in [2.24, 2.45) is 5.73 Å². The molecule has 5 rings (SSSR count). The first-order valence-corrected chi connectivity index (χ1v) is 12.4. The first kappa shape index (κ1) is 25.2. The molecule has 38 heavy (non-hydrogen) atoms. The van der Waals surface area contributed by atoms with E-state index in [1.165, 1.54) is 11.3 Å². The van der Waals surface area contributed by atoms with Crippen molar-refractivity contribution < 1.29 is 14.4 Å². The molecule has 11 heteroatoms. The molecule has 2 aromatic heterocycles. The number of primary amides is 1. The first-order valence-electron chi connectivity index (χ1n) is 12.0. The molecule has 0 aliphatic carbocycles. The van der Waals surface area contributed by atoms with E-state index in [1.54, 1.807) is 36.5 Å². The summed E-state index contributed by atoms with van der Waals surface area (Å²) in [5.41, 5.74) is 7.01. The zero-order chi connectivity index (χ0) is 26.6. The fourth-order valence-electron chi connectivity index (χ4n) is 4.47. The van der Waals surface area contributed by atoms with Crippen molar-refractivity contribution in [3.05, 3.63) is 105 Å². The second-order valence-electron chi connectivity index (χ2n) is 8.81. The van der Waals surface area contributed by atoms with Gasteiger partial charge in [0.25, 0.3) is 5.91 Å². The number of benzene rings is 2. The number of carbonyl (C=O) groups is 2. The van der Waals surface area contributed by atoms with Crippen LogP contribution in [0.15, 0.2) is 77.9 Å². The Hall–Kier alpha value is -4.41. The first-order chi connectivity index (χ1) is 18.4. The molecular weight excluding hydrogens is 508 g/mol. The molecule has 1 aliphatic rings. The lowest BCUT2D eigenvalue weighted by Gasteiger charge is -2.33. The Morgan fingerprint density at radius 1 is 1.05 bits per heavy atom. The van der Waals surface area contributed by atoms with E-state index in [1.807, 2.05) is 35.2 Å². The molecule has 1 atom stereocenters. The van der Waals surface area contributed by atoms with Gasteiger partial charge in [-0.1, -0.05) is 41.9 Å². The summed E-state index contributed by atoms with van der Waals surface area (Å²) in [6, 6.07) is 17.1. The van der Waals surface area contributed by atoms with Gasteiger partial charge in [0.1, 0.15) is 5.82 Å². The van der Waals surface area contributed by atoms with Crippen LogP contribution < -0.4 is 21.4 Å². The number of nitrogens with zero attached hydrogens (tertiary/aromatic N) is 3. The molecule has 2 amide bonds. The third-order valence-electron chi connectivity index (χ3n) is 6.38. The number of rotatable bonds is 6. The van der Waals surface area contributed by atoms with Crippen molar-refractivity contribution in [1.82, 2.24) is 20.3 Å². The summed E-state index contributed by atoms with van der Waals surface area (Å²) >= 11 is 6.08. The van der Waals surface area contributed by atoms with Crippen LogP contribution in [0, 0.1) is 0 Å². The summed E-state index contributed by atoms with van der Waals surface area (Å²) in [4.78, 5) is 52.2. The topological polar surface area (TPSA) is 134 Å². The number of aromatic amines is 1. The minimum atomic E-state index is -0.837. The number of hydrogen-bond donors (Lipinski definition) is 3. The van der Waals surface area contributed by atoms with Gasteiger partial charge >= 0.3 is 6.09 Å². The highest BCUT2D eigenvalue weighted by molar-refractivity contribution is 6.31. The standard InChI is InChI=1S/C27H25ClN6O4/c28-19-7-8-20-22(14-19)30-16-21(25(20)35)24(17-4-2-1-3-5-17)32-26(36)18-6-9-23(31-15-18)33-10-12-34(13-11-33)38-27(29)37/h1-9,14-16,24H,10-13H2,(H2,29,37)(H,30,35)(H,32,36). The number of hydroxylamine groups is 2. The van der Waals surface area contributed by atoms with E-state index in [0.717, 1.165) is 5.56 Å². The Kier molecular flexibility index (Phi) is 7.25. The molecule has 1 saturated heterocycles. The van der Waals surface area contributed by atoms with Crippen molar-refractivity contribution in [2.75, 3.05) is 31.1 Å². The number of amides is 2. The lowest BCUT2D eigenvalue weighted by Crippen LogP contribution is -2.47. The number of halogens is 1. The molecule has 0 bridgehead atoms. The number of aromatic nitrogens is 2. The van der Waals surface area contributed by atoms with Crippen LogP contribution in [0.2, 0.25) is 5.02 Å². The predicted octanol–water partition coefficient (Wildman–Crippen LogP) is 3.23. The third-order valence-corrected chi connectivity index (χ3v) is 6.62. The number of hydrogen-bond acceptors (Lipinski definition) is 7. The van der Waals surface area contributed by atoms with Crippen molar-refractivity contribution in [1.29, 1.82) is 0 Å². The molecule has 194 valence electrons. The van der Waals surface area contributed by atoms with Gasteiger partial charge in [0.2, 0.25) is 0 Å². The zero-order valence-electron chi connectivity index (χ0n) is 20.3. The quantitative estimate of drug-likeness (QED) is 0.347. The monoisotopic (exact) mass is 532 g/mol. The van der Waals surface area contributed by atoms with E-state index in [2.05, 4.69) is 15.3 Å². The summed E-state index contributed by atoms with van der Waals surface area (Å²) in [5.74, 6) is 0.331. The molecule has 2 aromatic carbocycles. The predicted molar refractivity (Wildman–Crippen MR) is 144 cm³/mol. The summed E-state index contributed by atoms with van der Waals surface area (Å²) in [6.45, 7) is 2.13. The average Bonchev–Trinajstić information content (AvgIpc) is 2.93.